The van der Waals surface area contributed by atoms with Crippen molar-refractivity contribution < 1.29 is 4.79 Å². The zero-order valence-corrected chi connectivity index (χ0v) is 11.3. The number of para-hydroxylation sites is 1. The van der Waals surface area contributed by atoms with Crippen LogP contribution in [0.25, 0.3) is 10.9 Å². The lowest BCUT2D eigenvalue weighted by molar-refractivity contribution is -0.117. The van der Waals surface area contributed by atoms with E-state index >= 15 is 0 Å². The first-order chi connectivity index (χ1) is 9.72. The van der Waals surface area contributed by atoms with Crippen LogP contribution in [0, 0.1) is 0 Å². The number of aromatic amines is 1. The Morgan fingerprint density at radius 1 is 1.45 bits per heavy atom. The van der Waals surface area contributed by atoms with Gasteiger partial charge in [-0.2, -0.15) is 5.10 Å². The molecule has 2 heterocycles. The van der Waals surface area contributed by atoms with Gasteiger partial charge >= 0.3 is 0 Å². The highest BCUT2D eigenvalue weighted by Gasteiger charge is 2.18. The number of nitrogens with two attached hydrogens (primary N) is 1. The Hall–Kier alpha value is -1.92. The third kappa shape index (κ3) is 2.81. The monoisotopic (exact) mass is 273 g/mol. The summed E-state index contributed by atoms with van der Waals surface area (Å²) in [4.78, 5) is 14.3. The minimum atomic E-state index is 0.00238. The van der Waals surface area contributed by atoms with Crippen molar-refractivity contribution in [2.75, 3.05) is 25.0 Å². The lowest BCUT2D eigenvalue weighted by Crippen LogP contribution is -2.43. The molecule has 6 nitrogen and oxygen atoms in total. The average Bonchev–Trinajstić information content (AvgIpc) is 2.91. The number of rotatable bonds is 3. The Labute approximate surface area is 117 Å². The number of H-pyrrole nitrogens is 1. The number of nitrogens with zero attached hydrogens (tertiary/aromatic N) is 2. The molecule has 1 fully saturated rings. The van der Waals surface area contributed by atoms with E-state index < -0.39 is 0 Å². The summed E-state index contributed by atoms with van der Waals surface area (Å²) in [7, 11) is 0. The number of aromatic nitrogens is 2. The molecule has 0 unspecified atom stereocenters. The Balaban J connectivity index is 1.63. The fourth-order valence-corrected chi connectivity index (χ4v) is 2.58. The van der Waals surface area contributed by atoms with Crippen molar-refractivity contribution in [3.05, 3.63) is 24.4 Å². The van der Waals surface area contributed by atoms with Gasteiger partial charge in [0.1, 0.15) is 0 Å². The van der Waals surface area contributed by atoms with Crippen molar-refractivity contribution in [1.29, 1.82) is 0 Å². The summed E-state index contributed by atoms with van der Waals surface area (Å²) in [6.45, 7) is 2.20. The van der Waals surface area contributed by atoms with Crippen molar-refractivity contribution in [3.8, 4) is 0 Å². The zero-order valence-electron chi connectivity index (χ0n) is 11.3. The Kier molecular flexibility index (Phi) is 3.66. The number of carbonyl (C=O) groups excluding carboxylic acids is 1. The molecule has 20 heavy (non-hydrogen) atoms. The van der Waals surface area contributed by atoms with Gasteiger partial charge in [-0.25, -0.2) is 0 Å². The van der Waals surface area contributed by atoms with Crippen LogP contribution in [0.5, 0.6) is 0 Å². The van der Waals surface area contributed by atoms with Gasteiger partial charge in [0.2, 0.25) is 5.91 Å². The second kappa shape index (κ2) is 5.60. The van der Waals surface area contributed by atoms with Crippen LogP contribution in [-0.2, 0) is 4.79 Å². The number of amides is 1. The predicted octanol–water partition coefficient (Wildman–Crippen LogP) is 0.924. The SMILES string of the molecule is NC1CCN(CC(=O)Nc2cccc3cn[nH]c23)CC1. The number of carbonyl (C=O) groups is 1. The van der Waals surface area contributed by atoms with Crippen molar-refractivity contribution in [2.24, 2.45) is 5.73 Å². The maximum Gasteiger partial charge on any atom is 0.238 e. The third-order valence-electron chi connectivity index (χ3n) is 3.75. The largest absolute Gasteiger partial charge is 0.328 e. The molecule has 1 saturated heterocycles. The zero-order chi connectivity index (χ0) is 13.9. The molecule has 0 saturated carbocycles. The second-order valence-corrected chi connectivity index (χ2v) is 5.30. The van der Waals surface area contributed by atoms with Crippen molar-refractivity contribution in [3.63, 3.8) is 0 Å². The van der Waals surface area contributed by atoms with Crippen LogP contribution in [0.3, 0.4) is 0 Å². The summed E-state index contributed by atoms with van der Waals surface area (Å²) < 4.78 is 0. The van der Waals surface area contributed by atoms with E-state index in [4.69, 9.17) is 5.73 Å². The van der Waals surface area contributed by atoms with E-state index in [1.54, 1.807) is 6.20 Å². The fraction of sp³-hybridized carbons (Fsp3) is 0.429. The maximum atomic E-state index is 12.1. The molecule has 4 N–H and O–H groups in total. The number of likely N-dealkylation sites (tertiary alicyclic amines) is 1. The summed E-state index contributed by atoms with van der Waals surface area (Å²) in [5.41, 5.74) is 7.50. The van der Waals surface area contributed by atoms with Gasteiger partial charge in [-0.05, 0) is 18.9 Å². The molecule has 0 aliphatic carbocycles. The fourth-order valence-electron chi connectivity index (χ4n) is 2.58. The van der Waals surface area contributed by atoms with Crippen LogP contribution in [-0.4, -0.2) is 46.7 Å². The Morgan fingerprint density at radius 2 is 2.25 bits per heavy atom. The highest BCUT2D eigenvalue weighted by atomic mass is 16.2. The van der Waals surface area contributed by atoms with E-state index in [0.29, 0.717) is 6.54 Å². The summed E-state index contributed by atoms with van der Waals surface area (Å²) in [6, 6.07) is 6.03. The lowest BCUT2D eigenvalue weighted by atomic mass is 10.1. The molecule has 1 aromatic carbocycles. The molecule has 0 bridgehead atoms. The summed E-state index contributed by atoms with van der Waals surface area (Å²) in [5.74, 6) is 0.00238. The minimum Gasteiger partial charge on any atom is -0.328 e. The molecule has 1 aliphatic rings. The molecule has 1 aliphatic heterocycles. The summed E-state index contributed by atoms with van der Waals surface area (Å²) in [6.07, 6.45) is 3.67. The normalized spacial score (nSPS) is 17.4. The first kappa shape index (κ1) is 13.1. The molecular formula is C14H19N5O. The van der Waals surface area contributed by atoms with Gasteiger partial charge in [0.05, 0.1) is 23.9 Å². The van der Waals surface area contributed by atoms with Gasteiger partial charge in [-0.15, -0.1) is 0 Å². The van der Waals surface area contributed by atoms with E-state index in [1.165, 1.54) is 0 Å². The standard InChI is InChI=1S/C14H19N5O/c15-11-4-6-19(7-5-11)9-13(20)17-12-3-1-2-10-8-16-18-14(10)12/h1-3,8,11H,4-7,9,15H2,(H,16,18)(H,17,20). The number of fused-ring (bicyclic) bond motifs is 1. The van der Waals surface area contributed by atoms with Gasteiger partial charge < -0.3 is 11.1 Å². The molecule has 106 valence electrons. The van der Waals surface area contributed by atoms with Gasteiger partial charge in [-0.3, -0.25) is 14.8 Å². The lowest BCUT2D eigenvalue weighted by Gasteiger charge is -2.29. The van der Waals surface area contributed by atoms with E-state index in [-0.39, 0.29) is 11.9 Å². The summed E-state index contributed by atoms with van der Waals surface area (Å²) in [5, 5.41) is 10.8. The topological polar surface area (TPSA) is 87.0 Å². The van der Waals surface area contributed by atoms with E-state index in [1.807, 2.05) is 18.2 Å². The maximum absolute atomic E-state index is 12.1. The molecule has 2 aromatic rings. The molecule has 0 atom stereocenters. The van der Waals surface area contributed by atoms with Crippen LogP contribution < -0.4 is 11.1 Å². The van der Waals surface area contributed by atoms with Crippen molar-refractivity contribution in [2.45, 2.75) is 18.9 Å². The van der Waals surface area contributed by atoms with Gasteiger partial charge in [0.15, 0.2) is 0 Å². The predicted molar refractivity (Wildman–Crippen MR) is 78.4 cm³/mol. The first-order valence-electron chi connectivity index (χ1n) is 6.92. The van der Waals surface area contributed by atoms with E-state index in [9.17, 15) is 4.79 Å². The number of benzene rings is 1. The minimum absolute atomic E-state index is 0.00238. The molecule has 3 rings (SSSR count). The second-order valence-electron chi connectivity index (χ2n) is 5.30. The van der Waals surface area contributed by atoms with Crippen molar-refractivity contribution >= 4 is 22.5 Å². The van der Waals surface area contributed by atoms with E-state index in [2.05, 4.69) is 20.4 Å². The molecular weight excluding hydrogens is 254 g/mol. The average molecular weight is 273 g/mol. The third-order valence-corrected chi connectivity index (χ3v) is 3.75. The van der Waals surface area contributed by atoms with Gasteiger partial charge in [-0.1, -0.05) is 12.1 Å². The highest BCUT2D eigenvalue weighted by Crippen LogP contribution is 2.20. The van der Waals surface area contributed by atoms with Crippen LogP contribution in [0.15, 0.2) is 24.4 Å². The number of anilines is 1. The molecule has 6 heteroatoms. The van der Waals surface area contributed by atoms with Gasteiger partial charge in [0, 0.05) is 24.5 Å². The molecule has 1 amide bonds. The molecule has 0 spiro atoms. The number of hydrogen-bond donors (Lipinski definition) is 3. The van der Waals surface area contributed by atoms with Crippen LogP contribution >= 0.6 is 0 Å². The smallest absolute Gasteiger partial charge is 0.238 e. The van der Waals surface area contributed by atoms with Crippen molar-refractivity contribution in [1.82, 2.24) is 15.1 Å². The Morgan fingerprint density at radius 3 is 3.05 bits per heavy atom. The first-order valence-corrected chi connectivity index (χ1v) is 6.92. The summed E-state index contributed by atoms with van der Waals surface area (Å²) >= 11 is 0. The number of hydrogen-bond acceptors (Lipinski definition) is 4. The van der Waals surface area contributed by atoms with E-state index in [0.717, 1.165) is 42.5 Å². The van der Waals surface area contributed by atoms with Crippen LogP contribution in [0.4, 0.5) is 5.69 Å². The molecule has 0 radical (unpaired) electrons. The quantitative estimate of drug-likeness (QED) is 0.776. The Bertz CT molecular complexity index is 600. The van der Waals surface area contributed by atoms with Crippen LogP contribution in [0.1, 0.15) is 12.8 Å². The molecule has 1 aromatic heterocycles. The number of nitrogens with one attached hydrogen (secondary N) is 2. The number of piperidine rings is 1. The van der Waals surface area contributed by atoms with Gasteiger partial charge in [0.25, 0.3) is 0 Å². The highest BCUT2D eigenvalue weighted by molar-refractivity contribution is 6.00. The van der Waals surface area contributed by atoms with Crippen LogP contribution in [0.2, 0.25) is 0 Å².